The summed E-state index contributed by atoms with van der Waals surface area (Å²) in [7, 11) is 3.81. The average molecular weight is 366 g/mol. The molecule has 0 aliphatic carbocycles. The summed E-state index contributed by atoms with van der Waals surface area (Å²) in [4.78, 5) is 24.9. The van der Waals surface area contributed by atoms with Gasteiger partial charge < -0.3 is 15.2 Å². The van der Waals surface area contributed by atoms with E-state index in [-0.39, 0.29) is 5.91 Å². The van der Waals surface area contributed by atoms with Crippen molar-refractivity contribution in [3.05, 3.63) is 36.2 Å². The Morgan fingerprint density at radius 1 is 1.31 bits per heavy atom. The maximum absolute atomic E-state index is 11.1. The third-order valence-corrected chi connectivity index (χ3v) is 5.26. The Bertz CT molecular complexity index is 1130. The van der Waals surface area contributed by atoms with Crippen molar-refractivity contribution in [3.8, 4) is 10.6 Å². The first-order valence-electron chi connectivity index (χ1n) is 8.20. The van der Waals surface area contributed by atoms with Crippen LogP contribution in [-0.2, 0) is 18.4 Å². The van der Waals surface area contributed by atoms with Gasteiger partial charge in [0, 0.05) is 33.1 Å². The summed E-state index contributed by atoms with van der Waals surface area (Å²) in [6.07, 6.45) is 1.79. The first-order chi connectivity index (χ1) is 12.6. The molecule has 0 fully saturated rings. The van der Waals surface area contributed by atoms with Gasteiger partial charge in [-0.1, -0.05) is 18.2 Å². The van der Waals surface area contributed by atoms with Crippen molar-refractivity contribution in [1.29, 1.82) is 0 Å². The van der Waals surface area contributed by atoms with Crippen molar-refractivity contribution in [2.24, 2.45) is 7.05 Å². The lowest BCUT2D eigenvalue weighted by atomic mass is 10.1. The topological polar surface area (TPSA) is 84.7 Å². The van der Waals surface area contributed by atoms with Crippen LogP contribution in [0.2, 0.25) is 0 Å². The molecule has 0 unspecified atom stereocenters. The summed E-state index contributed by atoms with van der Waals surface area (Å²) in [6, 6.07) is 8.04. The van der Waals surface area contributed by atoms with Gasteiger partial charge in [-0.3, -0.25) is 4.79 Å². The van der Waals surface area contributed by atoms with E-state index >= 15 is 0 Å². The number of benzene rings is 1. The number of fused-ring (bicyclic) bond motifs is 3. The fourth-order valence-corrected chi connectivity index (χ4v) is 4.00. The van der Waals surface area contributed by atoms with Gasteiger partial charge in [0.15, 0.2) is 11.5 Å². The molecule has 0 radical (unpaired) electrons. The highest BCUT2D eigenvalue weighted by Gasteiger charge is 2.17. The van der Waals surface area contributed by atoms with Crippen LogP contribution < -0.4 is 10.6 Å². The molecule has 4 rings (SSSR count). The lowest BCUT2D eigenvalue weighted by Gasteiger charge is -2.04. The molecule has 1 aromatic carbocycles. The third kappa shape index (κ3) is 2.78. The number of pyridine rings is 1. The standard InChI is InChI=1S/C18H18N6OS/c1-10(25)20-8-11-5-4-6-12(7-11)18-23-17-15(26-18)14-13(16(19-2)22-17)21-9-24(14)3/h4-7,9H,8H2,1-3H3,(H,19,22)(H,20,25). The monoisotopic (exact) mass is 366 g/mol. The second kappa shape index (κ2) is 6.38. The number of nitrogens with one attached hydrogen (secondary N) is 2. The predicted octanol–water partition coefficient (Wildman–Crippen LogP) is 2.92. The van der Waals surface area contributed by atoms with E-state index in [0.717, 1.165) is 37.7 Å². The Morgan fingerprint density at radius 3 is 2.92 bits per heavy atom. The number of hydrogen-bond donors (Lipinski definition) is 2. The number of aromatic nitrogens is 4. The number of amides is 1. The van der Waals surface area contributed by atoms with E-state index in [2.05, 4.69) is 20.6 Å². The second-order valence-electron chi connectivity index (χ2n) is 6.04. The van der Waals surface area contributed by atoms with Gasteiger partial charge in [-0.15, -0.1) is 11.3 Å². The highest BCUT2D eigenvalue weighted by molar-refractivity contribution is 7.22. The normalized spacial score (nSPS) is 11.2. The minimum atomic E-state index is -0.0437. The summed E-state index contributed by atoms with van der Waals surface area (Å²) in [5.41, 5.74) is 4.62. The minimum Gasteiger partial charge on any atom is -0.371 e. The smallest absolute Gasteiger partial charge is 0.217 e. The Labute approximate surface area is 154 Å². The zero-order valence-electron chi connectivity index (χ0n) is 14.7. The minimum absolute atomic E-state index is 0.0437. The van der Waals surface area contributed by atoms with Crippen molar-refractivity contribution >= 4 is 44.4 Å². The highest BCUT2D eigenvalue weighted by Crippen LogP contribution is 2.36. The van der Waals surface area contributed by atoms with E-state index in [0.29, 0.717) is 12.2 Å². The molecule has 8 heteroatoms. The second-order valence-corrected chi connectivity index (χ2v) is 7.04. The Hall–Kier alpha value is -3.00. The van der Waals surface area contributed by atoms with Crippen LogP contribution in [0.1, 0.15) is 12.5 Å². The molecule has 4 aromatic rings. The lowest BCUT2D eigenvalue weighted by molar-refractivity contribution is -0.119. The number of rotatable bonds is 4. The molecule has 7 nitrogen and oxygen atoms in total. The van der Waals surface area contributed by atoms with Gasteiger partial charge >= 0.3 is 0 Å². The first-order valence-corrected chi connectivity index (χ1v) is 9.01. The molecule has 0 atom stereocenters. The van der Waals surface area contributed by atoms with Crippen LogP contribution in [0.3, 0.4) is 0 Å². The number of carbonyl (C=O) groups is 1. The SMILES string of the molecule is CNc1nc2nc(-c3cccc(CNC(C)=O)c3)sc2c2c1ncn2C. The molecule has 0 bridgehead atoms. The zero-order chi connectivity index (χ0) is 18.3. The van der Waals surface area contributed by atoms with Gasteiger partial charge in [0.1, 0.15) is 15.2 Å². The van der Waals surface area contributed by atoms with E-state index in [1.807, 2.05) is 42.9 Å². The number of hydrogen-bond acceptors (Lipinski definition) is 6. The van der Waals surface area contributed by atoms with Gasteiger partial charge in [0.2, 0.25) is 5.91 Å². The van der Waals surface area contributed by atoms with Crippen molar-refractivity contribution in [1.82, 2.24) is 24.8 Å². The quantitative estimate of drug-likeness (QED) is 0.580. The average Bonchev–Trinajstić information content (AvgIpc) is 3.23. The summed E-state index contributed by atoms with van der Waals surface area (Å²) < 4.78 is 3.01. The van der Waals surface area contributed by atoms with Crippen molar-refractivity contribution < 1.29 is 4.79 Å². The molecule has 0 saturated heterocycles. The van der Waals surface area contributed by atoms with Crippen LogP contribution >= 0.6 is 11.3 Å². The number of carbonyl (C=O) groups excluding carboxylic acids is 1. The molecule has 0 aliphatic heterocycles. The van der Waals surface area contributed by atoms with Crippen molar-refractivity contribution in [2.45, 2.75) is 13.5 Å². The van der Waals surface area contributed by atoms with Crippen LogP contribution in [0, 0.1) is 0 Å². The summed E-state index contributed by atoms with van der Waals surface area (Å²) in [5.74, 6) is 0.683. The Balaban J connectivity index is 1.83. The lowest BCUT2D eigenvalue weighted by Crippen LogP contribution is -2.18. The first kappa shape index (κ1) is 16.5. The maximum Gasteiger partial charge on any atom is 0.217 e. The molecule has 2 N–H and O–H groups in total. The van der Waals surface area contributed by atoms with Gasteiger partial charge in [0.25, 0.3) is 0 Å². The maximum atomic E-state index is 11.1. The molecule has 0 spiro atoms. The zero-order valence-corrected chi connectivity index (χ0v) is 15.5. The van der Waals surface area contributed by atoms with Crippen LogP contribution in [0.4, 0.5) is 5.82 Å². The number of nitrogens with zero attached hydrogens (tertiary/aromatic N) is 4. The van der Waals surface area contributed by atoms with Crippen LogP contribution in [0.15, 0.2) is 30.6 Å². The molecule has 3 heterocycles. The summed E-state index contributed by atoms with van der Waals surface area (Å²) in [5, 5.41) is 6.82. The van der Waals surface area contributed by atoms with E-state index in [1.165, 1.54) is 6.92 Å². The fourth-order valence-electron chi connectivity index (χ4n) is 2.91. The number of anilines is 1. The molecular weight excluding hydrogens is 348 g/mol. The molecular formula is C18H18N6OS. The summed E-state index contributed by atoms with van der Waals surface area (Å²) >= 11 is 1.60. The molecule has 3 aromatic heterocycles. The third-order valence-electron chi connectivity index (χ3n) is 4.16. The van der Waals surface area contributed by atoms with Gasteiger partial charge in [-0.25, -0.2) is 15.0 Å². The number of thiazole rings is 1. The van der Waals surface area contributed by atoms with Crippen LogP contribution in [0.5, 0.6) is 0 Å². The van der Waals surface area contributed by atoms with Gasteiger partial charge in [-0.2, -0.15) is 0 Å². The van der Waals surface area contributed by atoms with Crippen LogP contribution in [-0.4, -0.2) is 32.5 Å². The van der Waals surface area contributed by atoms with E-state index < -0.39 is 0 Å². The predicted molar refractivity (Wildman–Crippen MR) is 104 cm³/mol. The molecule has 132 valence electrons. The Morgan fingerprint density at radius 2 is 2.15 bits per heavy atom. The number of aryl methyl sites for hydroxylation is 1. The largest absolute Gasteiger partial charge is 0.371 e. The Kier molecular flexibility index (Phi) is 4.04. The van der Waals surface area contributed by atoms with Crippen LogP contribution in [0.25, 0.3) is 32.0 Å². The molecule has 0 saturated carbocycles. The van der Waals surface area contributed by atoms with Crippen molar-refractivity contribution in [3.63, 3.8) is 0 Å². The molecule has 26 heavy (non-hydrogen) atoms. The van der Waals surface area contributed by atoms with E-state index in [4.69, 9.17) is 4.98 Å². The summed E-state index contributed by atoms with van der Waals surface area (Å²) in [6.45, 7) is 2.02. The van der Waals surface area contributed by atoms with Crippen molar-refractivity contribution in [2.75, 3.05) is 12.4 Å². The van der Waals surface area contributed by atoms with Gasteiger partial charge in [-0.05, 0) is 11.6 Å². The van der Waals surface area contributed by atoms with E-state index in [1.54, 1.807) is 17.7 Å². The number of imidazole rings is 1. The van der Waals surface area contributed by atoms with E-state index in [9.17, 15) is 4.79 Å². The molecule has 0 aliphatic rings. The molecule has 1 amide bonds. The van der Waals surface area contributed by atoms with Gasteiger partial charge in [0.05, 0.1) is 11.8 Å². The fraction of sp³-hybridized carbons (Fsp3) is 0.222. The highest BCUT2D eigenvalue weighted by atomic mass is 32.1.